The minimum Gasteiger partial charge on any atom is -0.311 e. The van der Waals surface area contributed by atoms with E-state index in [-0.39, 0.29) is 13.4 Å². The molecular formula is C95H62B2N2Si. The van der Waals surface area contributed by atoms with Gasteiger partial charge in [0.05, 0.1) is 0 Å². The number of benzene rings is 17. The van der Waals surface area contributed by atoms with Crippen LogP contribution in [0.15, 0.2) is 358 Å². The van der Waals surface area contributed by atoms with E-state index >= 15 is 0 Å². The predicted octanol–water partition coefficient (Wildman–Crippen LogP) is 17.5. The minimum absolute atomic E-state index is 0.116. The second-order valence-electron chi connectivity index (χ2n) is 27.7. The highest BCUT2D eigenvalue weighted by molar-refractivity contribution is 7.21. The van der Waals surface area contributed by atoms with E-state index in [2.05, 4.69) is 375 Å². The molecule has 100 heavy (non-hydrogen) atoms. The topological polar surface area (TPSA) is 6.48 Å². The number of hydrogen-bond donors (Lipinski definition) is 0. The molecule has 2 nitrogen and oxygen atoms in total. The van der Waals surface area contributed by atoms with Crippen LogP contribution in [0.1, 0.15) is 5.56 Å². The Morgan fingerprint density at radius 1 is 0.240 bits per heavy atom. The van der Waals surface area contributed by atoms with Gasteiger partial charge >= 0.3 is 0 Å². The molecule has 0 spiro atoms. The zero-order chi connectivity index (χ0) is 65.7. The Kier molecular flexibility index (Phi) is 12.6. The Morgan fingerprint density at radius 3 is 0.970 bits per heavy atom. The summed E-state index contributed by atoms with van der Waals surface area (Å²) in [5.41, 5.74) is 31.1. The van der Waals surface area contributed by atoms with Crippen LogP contribution < -0.4 is 63.3 Å². The smallest absolute Gasteiger partial charge is 0.248 e. The first-order chi connectivity index (χ1) is 49.5. The first-order valence-corrected chi connectivity index (χ1v) is 37.1. The van der Waals surface area contributed by atoms with Gasteiger partial charge in [-0.1, -0.05) is 308 Å². The van der Waals surface area contributed by atoms with Gasteiger partial charge in [-0.3, -0.25) is 0 Å². The zero-order valence-corrected chi connectivity index (χ0v) is 56.1. The van der Waals surface area contributed by atoms with Crippen LogP contribution in [-0.4, -0.2) is 21.5 Å². The molecule has 0 amide bonds. The van der Waals surface area contributed by atoms with E-state index in [9.17, 15) is 0 Å². The van der Waals surface area contributed by atoms with Gasteiger partial charge in [0.25, 0.3) is 0 Å². The van der Waals surface area contributed by atoms with Crippen LogP contribution in [0.3, 0.4) is 0 Å². The lowest BCUT2D eigenvalue weighted by Crippen LogP contribution is -2.75. The molecular weight excluding hydrogens is 1220 g/mol. The molecule has 0 aromatic heterocycles. The molecule has 0 saturated carbocycles. The monoisotopic (exact) mass is 1280 g/mol. The molecule has 462 valence electrons. The summed E-state index contributed by atoms with van der Waals surface area (Å²) in [6.45, 7) is 2.16. The predicted molar refractivity (Wildman–Crippen MR) is 430 cm³/mol. The summed E-state index contributed by atoms with van der Waals surface area (Å²) < 4.78 is 0. The molecule has 0 bridgehead atoms. The molecule has 0 saturated heterocycles. The van der Waals surface area contributed by atoms with Crippen molar-refractivity contribution in [2.75, 3.05) is 9.80 Å². The Morgan fingerprint density at radius 2 is 0.570 bits per heavy atom. The fourth-order valence-corrected chi connectivity index (χ4v) is 23.4. The molecule has 0 aliphatic carbocycles. The van der Waals surface area contributed by atoms with Crippen molar-refractivity contribution in [1.29, 1.82) is 0 Å². The van der Waals surface area contributed by atoms with Crippen LogP contribution in [0.4, 0.5) is 34.1 Å². The third kappa shape index (κ3) is 8.21. The third-order valence-electron chi connectivity index (χ3n) is 22.6. The number of nitrogens with zero attached hydrogens (tertiary/aromatic N) is 2. The van der Waals surface area contributed by atoms with Gasteiger partial charge in [-0.25, -0.2) is 0 Å². The van der Waals surface area contributed by atoms with Crippen LogP contribution in [0.25, 0.3) is 99.1 Å². The van der Waals surface area contributed by atoms with Gasteiger partial charge in [0.15, 0.2) is 8.07 Å². The average Bonchev–Trinajstić information content (AvgIpc) is 0.662. The minimum atomic E-state index is -3.40. The van der Waals surface area contributed by atoms with Crippen LogP contribution in [-0.2, 0) is 0 Å². The van der Waals surface area contributed by atoms with E-state index in [1.54, 1.807) is 0 Å². The first-order valence-electron chi connectivity index (χ1n) is 35.1. The first kappa shape index (κ1) is 56.9. The Balaban J connectivity index is 0.975. The van der Waals surface area contributed by atoms with Gasteiger partial charge in [0.2, 0.25) is 13.4 Å². The summed E-state index contributed by atoms with van der Waals surface area (Å²) >= 11 is 0. The molecule has 0 radical (unpaired) electrons. The van der Waals surface area contributed by atoms with Gasteiger partial charge in [-0.15, -0.1) is 0 Å². The van der Waals surface area contributed by atoms with Crippen LogP contribution in [0.2, 0.25) is 0 Å². The number of fused-ring (bicyclic) bond motifs is 8. The molecule has 17 aromatic carbocycles. The van der Waals surface area contributed by atoms with Crippen LogP contribution in [0.5, 0.6) is 0 Å². The molecule has 0 N–H and O–H groups in total. The second kappa shape index (κ2) is 22.1. The van der Waals surface area contributed by atoms with Gasteiger partial charge < -0.3 is 9.80 Å². The molecule has 0 unspecified atom stereocenters. The summed E-state index contributed by atoms with van der Waals surface area (Å²) in [6, 6.07) is 137. The largest absolute Gasteiger partial charge is 0.311 e. The molecule has 0 atom stereocenters. The Bertz CT molecular complexity index is 6040. The lowest BCUT2D eigenvalue weighted by molar-refractivity contribution is 1.29. The standard InChI is InChI=1S/C95H62B2N2Si/c1-61-51-76-78-52-68(64-33-15-4-16-34-64)56-87-94(78)97(82-50-48-67(63-31-13-3-14-32-63)55-86(82)98(87)70-37-19-6-20-38-70)84-59-80-89(100(72-41-23-8-24-42-72,73-43-25-9-26-44-73)74-45-27-10-28-46-74)60-77-79-53-69(65-35-17-5-18-36-65)57-88-95(79)96(83-58-75(61)92(90(76)84)93(80)91(77)83)81-49-47-66(62-29-11-2-12-30-62)54-85(81)99(88)71-39-21-7-22-40-71/h2-60H,1H3. The highest BCUT2D eigenvalue weighted by atomic mass is 28.3. The van der Waals surface area contributed by atoms with Crippen LogP contribution in [0, 0.1) is 6.92 Å². The van der Waals surface area contributed by atoms with E-state index in [4.69, 9.17) is 0 Å². The van der Waals surface area contributed by atoms with Crippen molar-refractivity contribution in [1.82, 2.24) is 0 Å². The maximum atomic E-state index is 2.77. The maximum Gasteiger partial charge on any atom is 0.248 e. The van der Waals surface area contributed by atoms with Gasteiger partial charge in [-0.05, 0) is 215 Å². The second-order valence-corrected chi connectivity index (χ2v) is 31.5. The number of para-hydroxylation sites is 2. The fraction of sp³-hybridized carbons (Fsp3) is 0.0105. The highest BCUT2D eigenvalue weighted by Crippen LogP contribution is 2.51. The van der Waals surface area contributed by atoms with E-state index in [1.807, 2.05) is 0 Å². The Labute approximate surface area is 584 Å². The molecule has 0 fully saturated rings. The lowest BCUT2D eigenvalue weighted by atomic mass is 9.31. The summed E-state index contributed by atoms with van der Waals surface area (Å²) in [6.07, 6.45) is 0. The van der Waals surface area contributed by atoms with Gasteiger partial charge in [-0.2, -0.15) is 0 Å². The van der Waals surface area contributed by atoms with Crippen molar-refractivity contribution < 1.29 is 0 Å². The molecule has 17 aromatic rings. The molecule has 4 aliphatic heterocycles. The number of rotatable bonds is 10. The summed E-state index contributed by atoms with van der Waals surface area (Å²) in [4.78, 5) is 5.18. The summed E-state index contributed by atoms with van der Waals surface area (Å²) in [5.74, 6) is 0. The van der Waals surface area contributed by atoms with Gasteiger partial charge in [0, 0.05) is 34.1 Å². The maximum absolute atomic E-state index is 3.40. The quantitative estimate of drug-likeness (QED) is 0.0765. The third-order valence-corrected chi connectivity index (χ3v) is 27.4. The van der Waals surface area contributed by atoms with Crippen molar-refractivity contribution >= 4 is 141 Å². The molecule has 4 aliphatic rings. The van der Waals surface area contributed by atoms with E-state index in [0.29, 0.717) is 0 Å². The average molecular weight is 1280 g/mol. The van der Waals surface area contributed by atoms with Crippen LogP contribution >= 0.6 is 0 Å². The molecule has 21 rings (SSSR count). The zero-order valence-electron chi connectivity index (χ0n) is 55.1. The van der Waals surface area contributed by atoms with Crippen molar-refractivity contribution in [3.63, 3.8) is 0 Å². The summed E-state index contributed by atoms with van der Waals surface area (Å²) in [5, 5.41) is 13.5. The van der Waals surface area contributed by atoms with E-state index < -0.39 is 8.07 Å². The molecule has 4 heterocycles. The van der Waals surface area contributed by atoms with Crippen molar-refractivity contribution in [2.24, 2.45) is 0 Å². The summed E-state index contributed by atoms with van der Waals surface area (Å²) in [7, 11) is -3.40. The van der Waals surface area contributed by atoms with E-state index in [0.717, 1.165) is 11.4 Å². The van der Waals surface area contributed by atoms with E-state index in [1.165, 1.54) is 181 Å². The highest BCUT2D eigenvalue weighted by Gasteiger charge is 2.49. The number of anilines is 6. The van der Waals surface area contributed by atoms with Crippen molar-refractivity contribution in [3.05, 3.63) is 363 Å². The normalized spacial score (nSPS) is 13.0. The lowest BCUT2D eigenvalue weighted by Gasteiger charge is -2.43. The van der Waals surface area contributed by atoms with Crippen molar-refractivity contribution in [2.45, 2.75) is 6.92 Å². The fourth-order valence-electron chi connectivity index (χ4n) is 18.5. The number of aryl methyl sites for hydroxylation is 1. The van der Waals surface area contributed by atoms with Gasteiger partial charge in [0.1, 0.15) is 0 Å². The van der Waals surface area contributed by atoms with Crippen molar-refractivity contribution in [3.8, 4) is 66.8 Å². The molecule has 5 heteroatoms. The SMILES string of the molecule is Cc1cc2c3c(cc4c([Si](c5ccccc5)(c5ccccc5)c5ccccc5)cc5c6c(cc1c3c46)B1c3ccc(-c4ccccc4)cc3N(c3ccccc3)c3cc(-c4ccccc4)cc-5c31)B1c3ccc(-c4ccccc4)cc3N(c3ccccc3)c3cc(-c4ccccc4)cc-2c31. The Hall–Kier alpha value is -12.3. The number of hydrogen-bond acceptors (Lipinski definition) is 2.